The van der Waals surface area contributed by atoms with E-state index in [2.05, 4.69) is 39.8 Å². The SMILES string of the molecule is CCOC(=O)CN(C)c1nc(-c2cc(OCCOC3CCCCO3)ccn2)nc2c1CCC2.CCOC(=O)CN(C)c1nc(Cl)nc2c1CCC2.C[CH](C)[Sn][c]1cc(OCCOC2CCCCO2)ccn1. The van der Waals surface area contributed by atoms with Gasteiger partial charge in [-0.15, -0.1) is 0 Å². The number of aromatic nitrogens is 6. The van der Waals surface area contributed by atoms with Gasteiger partial charge in [-0.1, -0.05) is 0 Å². The molecule has 8 rings (SSSR count). The summed E-state index contributed by atoms with van der Waals surface area (Å²) >= 11 is 5.34. The van der Waals surface area contributed by atoms with Gasteiger partial charge in [0.1, 0.15) is 42.8 Å². The molecule has 0 N–H and O–H groups in total. The molecule has 2 radical (unpaired) electrons. The molecule has 0 amide bonds. The molecule has 2 aliphatic heterocycles. The number of anilines is 2. The zero-order chi connectivity index (χ0) is 50.4. The normalized spacial score (nSPS) is 16.9. The number of hydrogen-bond acceptors (Lipinski definition) is 18. The van der Waals surface area contributed by atoms with E-state index in [1.807, 2.05) is 43.4 Å². The summed E-state index contributed by atoms with van der Waals surface area (Å²) in [5, 5.41) is 0.237. The monoisotopic (exact) mass is 1110 g/mol. The number of aryl methyl sites for hydroxylation is 2. The molecule has 4 aromatic rings. The van der Waals surface area contributed by atoms with E-state index in [1.54, 1.807) is 24.9 Å². The number of rotatable bonds is 21. The molecule has 2 saturated heterocycles. The molecule has 386 valence electrons. The topological polar surface area (TPSA) is 192 Å². The van der Waals surface area contributed by atoms with Gasteiger partial charge < -0.3 is 33.5 Å². The number of ether oxygens (including phenoxy) is 8. The van der Waals surface area contributed by atoms with Gasteiger partial charge in [0, 0.05) is 49.8 Å². The van der Waals surface area contributed by atoms with Crippen molar-refractivity contribution in [3.8, 4) is 23.0 Å². The van der Waals surface area contributed by atoms with Crippen LogP contribution in [0.5, 0.6) is 11.5 Å². The van der Waals surface area contributed by atoms with Crippen molar-refractivity contribution in [2.24, 2.45) is 0 Å². The van der Waals surface area contributed by atoms with Crippen LogP contribution in [0.1, 0.15) is 102 Å². The fourth-order valence-electron chi connectivity index (χ4n) is 8.35. The van der Waals surface area contributed by atoms with Gasteiger partial charge in [0.25, 0.3) is 0 Å². The van der Waals surface area contributed by atoms with E-state index < -0.39 is 21.1 Å². The van der Waals surface area contributed by atoms with Gasteiger partial charge in [0.15, 0.2) is 12.1 Å². The van der Waals surface area contributed by atoms with Gasteiger partial charge in [-0.25, -0.2) is 19.9 Å². The third-order valence-electron chi connectivity index (χ3n) is 11.6. The number of esters is 2. The number of fused-ring (bicyclic) bond motifs is 2. The molecule has 6 heterocycles. The van der Waals surface area contributed by atoms with Crippen molar-refractivity contribution in [3.63, 3.8) is 0 Å². The molecule has 2 unspecified atom stereocenters. The molecule has 2 atom stereocenters. The van der Waals surface area contributed by atoms with Gasteiger partial charge in [0.05, 0.1) is 25.5 Å². The molecular weight excluding hydrogens is 1040 g/mol. The summed E-state index contributed by atoms with van der Waals surface area (Å²) < 4.78 is 46.1. The van der Waals surface area contributed by atoms with Crippen molar-refractivity contribution < 1.29 is 47.5 Å². The van der Waals surface area contributed by atoms with Crippen LogP contribution in [0.2, 0.25) is 9.22 Å². The first-order chi connectivity index (χ1) is 34.5. The van der Waals surface area contributed by atoms with E-state index >= 15 is 0 Å². The average molecular weight is 1110 g/mol. The molecule has 0 aromatic carbocycles. The summed E-state index contributed by atoms with van der Waals surface area (Å²) in [6, 6.07) is 7.65. The first kappa shape index (κ1) is 55.8. The van der Waals surface area contributed by atoms with Crippen LogP contribution < -0.4 is 23.0 Å². The number of nitrogens with zero attached hydrogens (tertiary/aromatic N) is 8. The molecule has 71 heavy (non-hydrogen) atoms. The fourth-order valence-corrected chi connectivity index (χ4v) is 11.3. The molecule has 4 aliphatic rings. The zero-order valence-electron chi connectivity index (χ0n) is 42.3. The number of carbonyl (C=O) groups is 2. The summed E-state index contributed by atoms with van der Waals surface area (Å²) in [7, 11) is 3.67. The quantitative estimate of drug-likeness (QED) is 0.0369. The van der Waals surface area contributed by atoms with Gasteiger partial charge >= 0.3 is 143 Å². The van der Waals surface area contributed by atoms with Gasteiger partial charge in [0.2, 0.25) is 5.28 Å². The number of halogens is 1. The van der Waals surface area contributed by atoms with Crippen LogP contribution in [0.25, 0.3) is 11.5 Å². The van der Waals surface area contributed by atoms with Gasteiger partial charge in [-0.3, -0.25) is 14.6 Å². The summed E-state index contributed by atoms with van der Waals surface area (Å²) in [6.45, 7) is 12.8. The summed E-state index contributed by atoms with van der Waals surface area (Å²) in [4.78, 5) is 54.0. The number of hydrogen-bond donors (Lipinski definition) is 0. The molecule has 20 heteroatoms. The van der Waals surface area contributed by atoms with Crippen LogP contribution in [-0.2, 0) is 63.7 Å². The van der Waals surface area contributed by atoms with Crippen molar-refractivity contribution in [2.75, 3.05) is 89.8 Å². The first-order valence-electron chi connectivity index (χ1n) is 25.1. The first-order valence-corrected chi connectivity index (χ1v) is 28.5. The maximum absolute atomic E-state index is 12.0. The van der Waals surface area contributed by atoms with E-state index in [0.717, 1.165) is 128 Å². The Hall–Kier alpha value is -4.47. The standard InChI is InChI=1S/C24H32N4O5.C12H16ClN3O2.C12H16NO3.C3H7.Sn/c1-3-30-21(29)16-28(2)24-18-7-6-8-19(18)26-23(27-24)20-15-17(10-11-25-20)31-13-14-33-22-9-4-5-12-32-22;1-3-18-10(17)7-16(2)11-8-5-4-6-9(8)14-12(13)15-11;1-2-8-15-12(3-1)16-10-9-14-11-4-6-13-7-5-11;1-3-2;/h10-11,15,22H,3-9,12-14,16H2,1-2H3;3-7H2,1-2H3;4-6,12H,1-3,8-10H2;3H,1-2H3;. The second-order valence-corrected chi connectivity index (χ2v) is 23.6. The van der Waals surface area contributed by atoms with E-state index in [4.69, 9.17) is 59.5 Å². The van der Waals surface area contributed by atoms with Gasteiger partial charge in [-0.2, -0.15) is 0 Å². The Morgan fingerprint density at radius 1 is 0.690 bits per heavy atom. The van der Waals surface area contributed by atoms with Crippen LogP contribution in [-0.4, -0.2) is 156 Å². The molecule has 0 spiro atoms. The van der Waals surface area contributed by atoms with E-state index in [9.17, 15) is 9.59 Å². The molecule has 2 aliphatic carbocycles. The maximum atomic E-state index is 12.0. The van der Waals surface area contributed by atoms with Crippen LogP contribution >= 0.6 is 11.6 Å². The van der Waals surface area contributed by atoms with Crippen LogP contribution in [0.3, 0.4) is 0 Å². The molecule has 18 nitrogen and oxygen atoms in total. The Balaban J connectivity index is 0.000000186. The Bertz CT molecular complexity index is 2290. The van der Waals surface area contributed by atoms with E-state index in [-0.39, 0.29) is 42.9 Å². The van der Waals surface area contributed by atoms with Crippen molar-refractivity contribution >= 4 is 60.0 Å². The molecule has 0 saturated carbocycles. The zero-order valence-corrected chi connectivity index (χ0v) is 45.9. The minimum absolute atomic E-state index is 0.0321. The third-order valence-corrected chi connectivity index (χ3v) is 15.0. The Kier molecular flexibility index (Phi) is 23.5. The third kappa shape index (κ3) is 18.5. The Morgan fingerprint density at radius 2 is 1.23 bits per heavy atom. The Morgan fingerprint density at radius 3 is 1.76 bits per heavy atom. The summed E-state index contributed by atoms with van der Waals surface area (Å²) in [6.07, 6.45) is 15.6. The average Bonchev–Trinajstić information content (AvgIpc) is 4.05. The number of carbonyl (C=O) groups excluding carboxylic acids is 2. The number of likely N-dealkylation sites (N-methyl/N-ethyl adjacent to an activating group) is 2. The van der Waals surface area contributed by atoms with Crippen molar-refractivity contribution in [3.05, 3.63) is 64.5 Å². The van der Waals surface area contributed by atoms with Crippen molar-refractivity contribution in [2.45, 2.75) is 121 Å². The predicted octanol–water partition coefficient (Wildman–Crippen LogP) is 6.73. The molecule has 0 bridgehead atoms. The second kappa shape index (κ2) is 29.9. The molecule has 2 fully saturated rings. The summed E-state index contributed by atoms with van der Waals surface area (Å²) in [5.74, 6) is 3.08. The van der Waals surface area contributed by atoms with Crippen LogP contribution in [0.4, 0.5) is 11.6 Å². The van der Waals surface area contributed by atoms with Gasteiger partial charge in [-0.05, 0) is 89.3 Å². The van der Waals surface area contributed by atoms with E-state index in [1.165, 1.54) is 10.1 Å². The second-order valence-electron chi connectivity index (χ2n) is 17.7. The van der Waals surface area contributed by atoms with E-state index in [0.29, 0.717) is 56.9 Å². The summed E-state index contributed by atoms with van der Waals surface area (Å²) in [5.41, 5.74) is 4.84. The van der Waals surface area contributed by atoms with Crippen molar-refractivity contribution in [1.29, 1.82) is 0 Å². The molecular formula is C51H71ClN8O10Sn. The van der Waals surface area contributed by atoms with Crippen LogP contribution in [0, 0.1) is 0 Å². The molecule has 4 aromatic heterocycles. The fraction of sp³-hybridized carbons (Fsp3) is 0.608. The minimum atomic E-state index is -0.567. The van der Waals surface area contributed by atoms with Crippen LogP contribution in [0.15, 0.2) is 36.7 Å². The number of pyridine rings is 2. The Labute approximate surface area is 433 Å². The van der Waals surface area contributed by atoms with Crippen molar-refractivity contribution in [1.82, 2.24) is 29.9 Å². The predicted molar refractivity (Wildman–Crippen MR) is 271 cm³/mol.